The van der Waals surface area contributed by atoms with Gasteiger partial charge in [0.15, 0.2) is 0 Å². The van der Waals surface area contributed by atoms with Gasteiger partial charge in [-0.3, -0.25) is 14.4 Å². The molecule has 0 unspecified atom stereocenters. The number of pyridine rings is 1. The minimum Gasteiger partial charge on any atom is -0.483 e. The lowest BCUT2D eigenvalue weighted by Crippen LogP contribution is -2.39. The van der Waals surface area contributed by atoms with Gasteiger partial charge < -0.3 is 19.6 Å². The molecule has 25 heavy (non-hydrogen) atoms. The number of carbonyl (C=O) groups is 2. The van der Waals surface area contributed by atoms with E-state index in [0.29, 0.717) is 36.8 Å². The Labute approximate surface area is 144 Å². The average molecular weight is 347 g/mol. The zero-order chi connectivity index (χ0) is 18.2. The van der Waals surface area contributed by atoms with Gasteiger partial charge in [-0.1, -0.05) is 6.92 Å². The standard InChI is InChI=1S/C15H19N5O2.CH2O2/c1-2-13-12(3-4-14(21)18-13)15(22)19-7-5-11(6-8-19)20-9-16-17-10-20;2-1-3/h3-4,9-11H,2,5-8H2,1H3,(H,18,21);1H,(H,2,3). The maximum atomic E-state index is 12.7. The average Bonchev–Trinajstić information content (AvgIpc) is 3.16. The van der Waals surface area contributed by atoms with Crippen molar-refractivity contribution < 1.29 is 14.7 Å². The highest BCUT2D eigenvalue weighted by molar-refractivity contribution is 5.95. The van der Waals surface area contributed by atoms with E-state index in [4.69, 9.17) is 9.90 Å². The number of amides is 1. The van der Waals surface area contributed by atoms with Crippen molar-refractivity contribution in [2.24, 2.45) is 0 Å². The molecule has 0 saturated carbocycles. The molecular weight excluding hydrogens is 326 g/mol. The summed E-state index contributed by atoms with van der Waals surface area (Å²) in [6.45, 7) is 3.08. The number of hydrogen-bond donors (Lipinski definition) is 2. The highest BCUT2D eigenvalue weighted by Gasteiger charge is 2.25. The molecule has 9 nitrogen and oxygen atoms in total. The van der Waals surface area contributed by atoms with Crippen LogP contribution >= 0.6 is 0 Å². The lowest BCUT2D eigenvalue weighted by Gasteiger charge is -2.32. The van der Waals surface area contributed by atoms with E-state index >= 15 is 0 Å². The molecule has 0 bridgehead atoms. The first-order chi connectivity index (χ1) is 12.1. The third-order valence-electron chi connectivity index (χ3n) is 4.19. The molecule has 1 amide bonds. The fourth-order valence-corrected chi connectivity index (χ4v) is 2.93. The summed E-state index contributed by atoms with van der Waals surface area (Å²) in [6.07, 6.45) is 5.84. The van der Waals surface area contributed by atoms with Crippen molar-refractivity contribution in [1.29, 1.82) is 0 Å². The molecule has 1 fully saturated rings. The van der Waals surface area contributed by atoms with E-state index in [-0.39, 0.29) is 17.9 Å². The van der Waals surface area contributed by atoms with E-state index in [0.717, 1.165) is 12.8 Å². The molecule has 0 aliphatic carbocycles. The van der Waals surface area contributed by atoms with Crippen LogP contribution in [0.4, 0.5) is 0 Å². The van der Waals surface area contributed by atoms with Gasteiger partial charge in [-0.15, -0.1) is 10.2 Å². The monoisotopic (exact) mass is 347 g/mol. The van der Waals surface area contributed by atoms with E-state index in [9.17, 15) is 9.59 Å². The zero-order valence-corrected chi connectivity index (χ0v) is 14.0. The first kappa shape index (κ1) is 18.4. The predicted octanol–water partition coefficient (Wildman–Crippen LogP) is 0.707. The second kappa shape index (κ2) is 8.76. The summed E-state index contributed by atoms with van der Waals surface area (Å²) < 4.78 is 2.00. The Kier molecular flexibility index (Phi) is 6.44. The molecule has 0 spiro atoms. The Balaban J connectivity index is 0.000000701. The van der Waals surface area contributed by atoms with E-state index in [1.54, 1.807) is 18.7 Å². The summed E-state index contributed by atoms with van der Waals surface area (Å²) in [5.41, 5.74) is 1.14. The maximum absolute atomic E-state index is 12.7. The molecule has 1 aliphatic heterocycles. The van der Waals surface area contributed by atoms with Crippen molar-refractivity contribution in [3.63, 3.8) is 0 Å². The maximum Gasteiger partial charge on any atom is 0.290 e. The van der Waals surface area contributed by atoms with Crippen LogP contribution < -0.4 is 5.56 Å². The number of aromatic amines is 1. The number of carboxylic acid groups (broad SMARTS) is 1. The van der Waals surface area contributed by atoms with Gasteiger partial charge in [0.1, 0.15) is 12.7 Å². The van der Waals surface area contributed by atoms with Crippen LogP contribution in [-0.2, 0) is 11.2 Å². The minimum atomic E-state index is -0.250. The number of aromatic nitrogens is 4. The van der Waals surface area contributed by atoms with E-state index in [1.165, 1.54) is 6.07 Å². The predicted molar refractivity (Wildman–Crippen MR) is 89.3 cm³/mol. The van der Waals surface area contributed by atoms with Crippen LogP contribution in [0.25, 0.3) is 0 Å². The topological polar surface area (TPSA) is 121 Å². The first-order valence-electron chi connectivity index (χ1n) is 8.04. The molecule has 1 saturated heterocycles. The smallest absolute Gasteiger partial charge is 0.290 e. The molecule has 9 heteroatoms. The second-order valence-electron chi connectivity index (χ2n) is 5.61. The lowest BCUT2D eigenvalue weighted by atomic mass is 10.0. The number of likely N-dealkylation sites (tertiary alicyclic amines) is 1. The summed E-state index contributed by atoms with van der Waals surface area (Å²) >= 11 is 0. The minimum absolute atomic E-state index is 0.00435. The SMILES string of the molecule is CCc1[nH]c(=O)ccc1C(=O)N1CCC(n2cnnc2)CC1.O=CO. The van der Waals surface area contributed by atoms with Gasteiger partial charge in [0.25, 0.3) is 12.4 Å². The summed E-state index contributed by atoms with van der Waals surface area (Å²) in [5, 5.41) is 14.5. The molecule has 0 aromatic carbocycles. The number of hydrogen-bond acceptors (Lipinski definition) is 5. The van der Waals surface area contributed by atoms with Gasteiger partial charge in [-0.05, 0) is 25.3 Å². The van der Waals surface area contributed by atoms with Crippen LogP contribution in [0.15, 0.2) is 29.6 Å². The molecule has 134 valence electrons. The summed E-state index contributed by atoms with van der Waals surface area (Å²) in [6, 6.07) is 3.39. The van der Waals surface area contributed by atoms with Gasteiger partial charge in [-0.25, -0.2) is 0 Å². The van der Waals surface area contributed by atoms with Crippen LogP contribution in [0.2, 0.25) is 0 Å². The third-order valence-corrected chi connectivity index (χ3v) is 4.19. The van der Waals surface area contributed by atoms with Crippen molar-refractivity contribution in [3.05, 3.63) is 46.4 Å². The fourth-order valence-electron chi connectivity index (χ4n) is 2.93. The molecular formula is C16H21N5O4. The van der Waals surface area contributed by atoms with Gasteiger partial charge in [-0.2, -0.15) is 0 Å². The van der Waals surface area contributed by atoms with Crippen LogP contribution in [-0.4, -0.2) is 55.2 Å². The van der Waals surface area contributed by atoms with Crippen molar-refractivity contribution in [2.75, 3.05) is 13.1 Å². The summed E-state index contributed by atoms with van der Waals surface area (Å²) in [5.74, 6) is -0.00435. The Hall–Kier alpha value is -2.97. The molecule has 0 radical (unpaired) electrons. The van der Waals surface area contributed by atoms with Crippen molar-refractivity contribution >= 4 is 12.4 Å². The van der Waals surface area contributed by atoms with Crippen LogP contribution in [0, 0.1) is 0 Å². The second-order valence-corrected chi connectivity index (χ2v) is 5.61. The fraction of sp³-hybridized carbons (Fsp3) is 0.438. The van der Waals surface area contributed by atoms with E-state index in [2.05, 4.69) is 15.2 Å². The molecule has 0 atom stereocenters. The number of nitrogens with one attached hydrogen (secondary N) is 1. The van der Waals surface area contributed by atoms with Crippen LogP contribution in [0.5, 0.6) is 0 Å². The molecule has 2 aromatic heterocycles. The number of nitrogens with zero attached hydrogens (tertiary/aromatic N) is 4. The van der Waals surface area contributed by atoms with E-state index in [1.807, 2.05) is 16.4 Å². The zero-order valence-electron chi connectivity index (χ0n) is 14.0. The Morgan fingerprint density at radius 1 is 1.32 bits per heavy atom. The normalized spacial score (nSPS) is 14.5. The number of H-pyrrole nitrogens is 1. The van der Waals surface area contributed by atoms with Crippen LogP contribution in [0.1, 0.15) is 41.9 Å². The highest BCUT2D eigenvalue weighted by Crippen LogP contribution is 2.23. The number of rotatable bonds is 3. The molecule has 2 N–H and O–H groups in total. The Morgan fingerprint density at radius 2 is 1.92 bits per heavy atom. The number of piperidine rings is 1. The summed E-state index contributed by atoms with van der Waals surface area (Å²) in [7, 11) is 0. The van der Waals surface area contributed by atoms with Crippen molar-refractivity contribution in [2.45, 2.75) is 32.2 Å². The Morgan fingerprint density at radius 3 is 2.48 bits per heavy atom. The highest BCUT2D eigenvalue weighted by atomic mass is 16.3. The quantitative estimate of drug-likeness (QED) is 0.789. The third kappa shape index (κ3) is 4.52. The summed E-state index contributed by atoms with van der Waals surface area (Å²) in [4.78, 5) is 37.0. The molecule has 3 rings (SSSR count). The first-order valence-corrected chi connectivity index (χ1v) is 8.04. The number of carbonyl (C=O) groups excluding carboxylic acids is 1. The molecule has 3 heterocycles. The lowest BCUT2D eigenvalue weighted by molar-refractivity contribution is -0.122. The van der Waals surface area contributed by atoms with Crippen LogP contribution in [0.3, 0.4) is 0 Å². The largest absolute Gasteiger partial charge is 0.483 e. The van der Waals surface area contributed by atoms with Crippen molar-refractivity contribution in [1.82, 2.24) is 24.6 Å². The Bertz CT molecular complexity index is 748. The number of aryl methyl sites for hydroxylation is 1. The van der Waals surface area contributed by atoms with Gasteiger partial charge in [0, 0.05) is 30.9 Å². The molecule has 1 aliphatic rings. The van der Waals surface area contributed by atoms with Gasteiger partial charge in [0.2, 0.25) is 5.56 Å². The van der Waals surface area contributed by atoms with E-state index < -0.39 is 0 Å². The van der Waals surface area contributed by atoms with Crippen molar-refractivity contribution in [3.8, 4) is 0 Å². The molecule has 2 aromatic rings. The van der Waals surface area contributed by atoms with Gasteiger partial charge in [0.05, 0.1) is 5.56 Å². The van der Waals surface area contributed by atoms with Gasteiger partial charge >= 0.3 is 0 Å².